The second kappa shape index (κ2) is 5.29. The van der Waals surface area contributed by atoms with E-state index in [1.807, 2.05) is 0 Å². The lowest BCUT2D eigenvalue weighted by Crippen LogP contribution is -2.08. The van der Waals surface area contributed by atoms with Crippen molar-refractivity contribution in [1.82, 2.24) is 0 Å². The molecule has 0 aliphatic rings. The number of halogens is 6. The molecule has 18 heavy (non-hydrogen) atoms. The Bertz CT molecular complexity index is 412. The van der Waals surface area contributed by atoms with Gasteiger partial charge in [0.05, 0.1) is 12.0 Å². The number of benzene rings is 1. The van der Waals surface area contributed by atoms with Gasteiger partial charge in [0.25, 0.3) is 0 Å². The Balaban J connectivity index is 2.69. The second-order valence-electron chi connectivity index (χ2n) is 3.46. The van der Waals surface area contributed by atoms with E-state index in [9.17, 15) is 26.3 Å². The summed E-state index contributed by atoms with van der Waals surface area (Å²) in [5.74, 6) is -0.279. The number of hydrogen-bond acceptors (Lipinski definition) is 2. The summed E-state index contributed by atoms with van der Waals surface area (Å²) in [6.45, 7) is 0. The predicted molar refractivity (Wildman–Crippen MR) is 57.3 cm³/mol. The first-order valence-electron chi connectivity index (χ1n) is 4.76. The van der Waals surface area contributed by atoms with Crippen molar-refractivity contribution in [3.8, 4) is 0 Å². The van der Waals surface area contributed by atoms with Gasteiger partial charge in [-0.05, 0) is 18.2 Å². The highest BCUT2D eigenvalue weighted by atomic mass is 32.2. The van der Waals surface area contributed by atoms with Crippen LogP contribution in [0.25, 0.3) is 0 Å². The minimum atomic E-state index is -4.51. The Labute approximate surface area is 103 Å². The van der Waals surface area contributed by atoms with Crippen LogP contribution in [0.3, 0.4) is 0 Å². The van der Waals surface area contributed by atoms with Crippen molar-refractivity contribution in [2.75, 3.05) is 11.5 Å². The Hall–Kier alpha value is -1.05. The highest BCUT2D eigenvalue weighted by Crippen LogP contribution is 2.35. The van der Waals surface area contributed by atoms with E-state index < -0.39 is 24.3 Å². The minimum Gasteiger partial charge on any atom is -0.398 e. The quantitative estimate of drug-likeness (QED) is 0.509. The third-order valence-electron chi connectivity index (χ3n) is 1.98. The fourth-order valence-corrected chi connectivity index (χ4v) is 2.08. The summed E-state index contributed by atoms with van der Waals surface area (Å²) in [5, 5.41) is 0. The van der Waals surface area contributed by atoms with Crippen LogP contribution >= 0.6 is 11.8 Å². The lowest BCUT2D eigenvalue weighted by molar-refractivity contribution is -0.137. The van der Waals surface area contributed by atoms with Crippen molar-refractivity contribution in [3.63, 3.8) is 0 Å². The average molecular weight is 289 g/mol. The number of rotatable bonds is 3. The van der Waals surface area contributed by atoms with E-state index in [-0.39, 0.29) is 16.3 Å². The van der Waals surface area contributed by atoms with Gasteiger partial charge in [-0.2, -0.15) is 26.3 Å². The zero-order valence-electron chi connectivity index (χ0n) is 8.90. The van der Waals surface area contributed by atoms with E-state index in [1.54, 1.807) is 0 Å². The average Bonchev–Trinajstić information content (AvgIpc) is 2.17. The first-order chi connectivity index (χ1) is 8.09. The van der Waals surface area contributed by atoms with E-state index in [2.05, 4.69) is 0 Å². The molecule has 0 aromatic heterocycles. The van der Waals surface area contributed by atoms with Gasteiger partial charge >= 0.3 is 12.4 Å². The highest BCUT2D eigenvalue weighted by Gasteiger charge is 2.31. The molecule has 0 bridgehead atoms. The maximum Gasteiger partial charge on any atom is 0.416 e. The fourth-order valence-electron chi connectivity index (χ4n) is 1.13. The zero-order valence-corrected chi connectivity index (χ0v) is 9.72. The van der Waals surface area contributed by atoms with Crippen molar-refractivity contribution in [2.24, 2.45) is 0 Å². The van der Waals surface area contributed by atoms with Gasteiger partial charge in [-0.1, -0.05) is 0 Å². The van der Waals surface area contributed by atoms with Gasteiger partial charge in [-0.15, -0.1) is 11.8 Å². The molecule has 1 nitrogen and oxygen atoms in total. The van der Waals surface area contributed by atoms with Crippen LogP contribution in [0.15, 0.2) is 23.1 Å². The number of anilines is 1. The molecule has 0 heterocycles. The third-order valence-corrected chi connectivity index (χ3v) is 3.07. The van der Waals surface area contributed by atoms with Crippen LogP contribution in [0.5, 0.6) is 0 Å². The summed E-state index contributed by atoms with van der Waals surface area (Å²) in [6, 6.07) is 2.60. The molecule has 0 spiro atoms. The summed E-state index contributed by atoms with van der Waals surface area (Å²) in [6.07, 6.45) is -9.81. The number of hydrogen-bond donors (Lipinski definition) is 1. The second-order valence-corrected chi connectivity index (χ2v) is 4.60. The van der Waals surface area contributed by atoms with Crippen molar-refractivity contribution in [2.45, 2.75) is 23.7 Å². The largest absolute Gasteiger partial charge is 0.416 e. The number of nitrogen functional groups attached to an aromatic ring is 1. The van der Waals surface area contributed by atoms with Crippen LogP contribution in [0.1, 0.15) is 12.0 Å². The molecule has 0 fully saturated rings. The van der Waals surface area contributed by atoms with Gasteiger partial charge in [-0.3, -0.25) is 0 Å². The summed E-state index contributed by atoms with van der Waals surface area (Å²) in [4.78, 5) is 0.215. The Morgan fingerprint density at radius 1 is 1.06 bits per heavy atom. The van der Waals surface area contributed by atoms with E-state index in [4.69, 9.17) is 5.73 Å². The van der Waals surface area contributed by atoms with Gasteiger partial charge < -0.3 is 5.73 Å². The fraction of sp³-hybridized carbons (Fsp3) is 0.400. The first-order valence-corrected chi connectivity index (χ1v) is 5.74. The summed E-state index contributed by atoms with van der Waals surface area (Å²) >= 11 is 0.781. The molecule has 0 amide bonds. The van der Waals surface area contributed by atoms with Crippen molar-refractivity contribution in [1.29, 1.82) is 0 Å². The Kier molecular flexibility index (Phi) is 4.41. The molecule has 0 unspecified atom stereocenters. The molecule has 0 aliphatic carbocycles. The third kappa shape index (κ3) is 4.67. The number of alkyl halides is 6. The standard InChI is InChI=1S/C10H9F6NS/c11-9(12,13)3-4-18-8-2-1-6(5-7(8)17)10(14,15)16/h1-2,5H,3-4,17H2. The Morgan fingerprint density at radius 3 is 2.11 bits per heavy atom. The normalized spacial score (nSPS) is 12.8. The monoisotopic (exact) mass is 289 g/mol. The van der Waals surface area contributed by atoms with Gasteiger partial charge in [0.15, 0.2) is 0 Å². The SMILES string of the molecule is Nc1cc(C(F)(F)F)ccc1SCCC(F)(F)F. The molecule has 1 rings (SSSR count). The molecule has 2 N–H and O–H groups in total. The van der Waals surface area contributed by atoms with Gasteiger partial charge in [0, 0.05) is 16.3 Å². The minimum absolute atomic E-state index is 0.169. The van der Waals surface area contributed by atoms with E-state index >= 15 is 0 Å². The van der Waals surface area contributed by atoms with Crippen LogP contribution < -0.4 is 5.73 Å². The zero-order chi connectivity index (χ0) is 14.0. The van der Waals surface area contributed by atoms with E-state index in [0.29, 0.717) is 0 Å². The molecule has 1 aromatic carbocycles. The Morgan fingerprint density at radius 2 is 1.67 bits per heavy atom. The summed E-state index contributed by atoms with van der Waals surface area (Å²) in [5.41, 5.74) is 4.28. The number of thioether (sulfide) groups is 1. The van der Waals surface area contributed by atoms with E-state index in [0.717, 1.165) is 30.0 Å². The molecule has 0 radical (unpaired) electrons. The maximum atomic E-state index is 12.3. The van der Waals surface area contributed by atoms with Crippen molar-refractivity contribution < 1.29 is 26.3 Å². The summed E-state index contributed by atoms with van der Waals surface area (Å²) < 4.78 is 72.5. The molecule has 8 heteroatoms. The highest BCUT2D eigenvalue weighted by molar-refractivity contribution is 7.99. The molecule has 0 saturated carbocycles. The van der Waals surface area contributed by atoms with Gasteiger partial charge in [0.2, 0.25) is 0 Å². The lowest BCUT2D eigenvalue weighted by Gasteiger charge is -2.11. The van der Waals surface area contributed by atoms with Crippen LogP contribution in [0.4, 0.5) is 32.0 Å². The number of nitrogens with two attached hydrogens (primary N) is 1. The van der Waals surface area contributed by atoms with Crippen molar-refractivity contribution in [3.05, 3.63) is 23.8 Å². The molecule has 0 aliphatic heterocycles. The topological polar surface area (TPSA) is 26.0 Å². The van der Waals surface area contributed by atoms with Gasteiger partial charge in [0.1, 0.15) is 0 Å². The lowest BCUT2D eigenvalue weighted by atomic mass is 10.2. The van der Waals surface area contributed by atoms with Crippen molar-refractivity contribution >= 4 is 17.4 Å². The van der Waals surface area contributed by atoms with Crippen LogP contribution in [-0.4, -0.2) is 11.9 Å². The van der Waals surface area contributed by atoms with Crippen LogP contribution in [0.2, 0.25) is 0 Å². The van der Waals surface area contributed by atoms with Crippen LogP contribution in [0, 0.1) is 0 Å². The van der Waals surface area contributed by atoms with Crippen LogP contribution in [-0.2, 0) is 6.18 Å². The molecular formula is C10H9F6NS. The molecule has 0 saturated heterocycles. The maximum absolute atomic E-state index is 12.3. The smallest absolute Gasteiger partial charge is 0.398 e. The van der Waals surface area contributed by atoms with Gasteiger partial charge in [-0.25, -0.2) is 0 Å². The molecule has 1 aromatic rings. The molecular weight excluding hydrogens is 280 g/mol. The first kappa shape index (κ1) is 15.0. The molecule has 0 atom stereocenters. The molecule has 102 valence electrons. The summed E-state index contributed by atoms with van der Waals surface area (Å²) in [7, 11) is 0. The van der Waals surface area contributed by atoms with E-state index in [1.165, 1.54) is 0 Å². The predicted octanol–water partition coefficient (Wildman–Crippen LogP) is 4.33.